The molecule has 0 radical (unpaired) electrons. The summed E-state index contributed by atoms with van der Waals surface area (Å²) in [6.45, 7) is 0. The van der Waals surface area contributed by atoms with Gasteiger partial charge in [-0.2, -0.15) is 0 Å². The fourth-order valence-electron chi connectivity index (χ4n) is 2.19. The first kappa shape index (κ1) is 13.7. The number of anilines is 1. The summed E-state index contributed by atoms with van der Waals surface area (Å²) < 4.78 is 0. The van der Waals surface area contributed by atoms with Gasteiger partial charge in [-0.25, -0.2) is 9.78 Å². The molecule has 2 aromatic heterocycles. The van der Waals surface area contributed by atoms with Crippen molar-refractivity contribution in [2.24, 2.45) is 0 Å². The molecule has 0 aliphatic carbocycles. The van der Waals surface area contributed by atoms with Crippen molar-refractivity contribution in [1.82, 2.24) is 9.97 Å². The lowest BCUT2D eigenvalue weighted by molar-refractivity contribution is 0.0692. The molecule has 6 nitrogen and oxygen atoms in total. The number of pyridine rings is 2. The van der Waals surface area contributed by atoms with Crippen LogP contribution >= 0.6 is 0 Å². The van der Waals surface area contributed by atoms with E-state index in [1.54, 1.807) is 42.6 Å². The van der Waals surface area contributed by atoms with Crippen molar-refractivity contribution < 1.29 is 14.7 Å². The van der Waals surface area contributed by atoms with E-state index in [9.17, 15) is 14.7 Å². The zero-order valence-electron chi connectivity index (χ0n) is 11.4. The van der Waals surface area contributed by atoms with Crippen molar-refractivity contribution in [1.29, 1.82) is 0 Å². The number of hydrogen-bond donors (Lipinski definition) is 2. The van der Waals surface area contributed by atoms with Gasteiger partial charge < -0.3 is 10.4 Å². The molecule has 2 heterocycles. The molecule has 108 valence electrons. The van der Waals surface area contributed by atoms with E-state index in [1.807, 2.05) is 0 Å². The predicted octanol–water partition coefficient (Wildman–Crippen LogP) is 2.58. The second-order valence-corrected chi connectivity index (χ2v) is 4.56. The minimum Gasteiger partial charge on any atom is -0.476 e. The van der Waals surface area contributed by atoms with Gasteiger partial charge >= 0.3 is 5.97 Å². The van der Waals surface area contributed by atoms with Gasteiger partial charge in [0.05, 0.1) is 11.3 Å². The molecule has 0 unspecified atom stereocenters. The molecule has 0 aliphatic rings. The van der Waals surface area contributed by atoms with Gasteiger partial charge in [0.2, 0.25) is 0 Å². The molecule has 2 N–H and O–H groups in total. The fourth-order valence-corrected chi connectivity index (χ4v) is 2.19. The van der Waals surface area contributed by atoms with Crippen LogP contribution in [0.3, 0.4) is 0 Å². The van der Waals surface area contributed by atoms with E-state index in [0.29, 0.717) is 22.0 Å². The second kappa shape index (κ2) is 5.61. The standard InChI is InChI=1S/C16H11N3O3/c20-15(11-4-2-7-17-9-11)19-12-5-1-3-10-6-8-18-14(13(10)12)16(21)22/h1-9H,(H,19,20)(H,21,22). The number of fused-ring (bicyclic) bond motifs is 1. The van der Waals surface area contributed by atoms with Crippen LogP contribution in [0.5, 0.6) is 0 Å². The third-order valence-corrected chi connectivity index (χ3v) is 3.17. The van der Waals surface area contributed by atoms with Crippen LogP contribution < -0.4 is 5.32 Å². The number of carboxylic acids is 1. The van der Waals surface area contributed by atoms with Crippen LogP contribution in [0.25, 0.3) is 10.8 Å². The zero-order chi connectivity index (χ0) is 15.5. The molecule has 0 aliphatic heterocycles. The van der Waals surface area contributed by atoms with Crippen molar-refractivity contribution in [3.05, 3.63) is 66.2 Å². The van der Waals surface area contributed by atoms with Gasteiger partial charge in [0.1, 0.15) is 0 Å². The van der Waals surface area contributed by atoms with Crippen LogP contribution in [0.15, 0.2) is 55.0 Å². The highest BCUT2D eigenvalue weighted by Crippen LogP contribution is 2.26. The summed E-state index contributed by atoms with van der Waals surface area (Å²) in [5.41, 5.74) is 0.691. The Labute approximate surface area is 125 Å². The maximum atomic E-state index is 12.2. The Balaban J connectivity index is 2.08. The molecule has 1 aromatic carbocycles. The number of hydrogen-bond acceptors (Lipinski definition) is 4. The number of carbonyl (C=O) groups excluding carboxylic acids is 1. The lowest BCUT2D eigenvalue weighted by atomic mass is 10.1. The Bertz CT molecular complexity index is 858. The van der Waals surface area contributed by atoms with Crippen molar-refractivity contribution in [2.45, 2.75) is 0 Å². The van der Waals surface area contributed by atoms with E-state index in [-0.39, 0.29) is 11.6 Å². The number of aromatic carboxylic acids is 1. The highest BCUT2D eigenvalue weighted by Gasteiger charge is 2.15. The van der Waals surface area contributed by atoms with Gasteiger partial charge in [0.25, 0.3) is 5.91 Å². The topological polar surface area (TPSA) is 92.2 Å². The molecular weight excluding hydrogens is 282 g/mol. The smallest absolute Gasteiger partial charge is 0.355 e. The van der Waals surface area contributed by atoms with Crippen molar-refractivity contribution in [3.63, 3.8) is 0 Å². The Kier molecular flexibility index (Phi) is 3.49. The zero-order valence-corrected chi connectivity index (χ0v) is 11.4. The number of carbonyl (C=O) groups is 2. The molecule has 1 amide bonds. The monoisotopic (exact) mass is 293 g/mol. The summed E-state index contributed by atoms with van der Waals surface area (Å²) in [5.74, 6) is -1.51. The molecule has 0 spiro atoms. The number of amides is 1. The maximum Gasteiger partial charge on any atom is 0.355 e. The van der Waals surface area contributed by atoms with Gasteiger partial charge in [-0.3, -0.25) is 9.78 Å². The third-order valence-electron chi connectivity index (χ3n) is 3.17. The molecule has 0 fully saturated rings. The quantitative estimate of drug-likeness (QED) is 0.774. The SMILES string of the molecule is O=C(Nc1cccc2ccnc(C(=O)O)c12)c1cccnc1. The van der Waals surface area contributed by atoms with E-state index >= 15 is 0 Å². The normalized spacial score (nSPS) is 10.4. The van der Waals surface area contributed by atoms with Gasteiger partial charge in [-0.1, -0.05) is 12.1 Å². The lowest BCUT2D eigenvalue weighted by Crippen LogP contribution is -2.13. The lowest BCUT2D eigenvalue weighted by Gasteiger charge is -2.10. The summed E-state index contributed by atoms with van der Waals surface area (Å²) in [5, 5.41) is 13.1. The molecular formula is C16H11N3O3. The summed E-state index contributed by atoms with van der Waals surface area (Å²) in [4.78, 5) is 31.3. The number of nitrogens with zero attached hydrogens (tertiary/aromatic N) is 2. The highest BCUT2D eigenvalue weighted by molar-refractivity contribution is 6.13. The first-order valence-corrected chi connectivity index (χ1v) is 6.49. The van der Waals surface area contributed by atoms with Gasteiger partial charge in [-0.05, 0) is 29.7 Å². The number of nitrogens with one attached hydrogen (secondary N) is 1. The molecule has 0 atom stereocenters. The number of rotatable bonds is 3. The molecule has 3 rings (SSSR count). The van der Waals surface area contributed by atoms with E-state index in [0.717, 1.165) is 0 Å². The average molecular weight is 293 g/mol. The van der Waals surface area contributed by atoms with E-state index in [1.165, 1.54) is 12.4 Å². The van der Waals surface area contributed by atoms with Crippen LogP contribution in [0, 0.1) is 0 Å². The minimum absolute atomic E-state index is 0.0976. The average Bonchev–Trinajstić information content (AvgIpc) is 2.55. The highest BCUT2D eigenvalue weighted by atomic mass is 16.4. The van der Waals surface area contributed by atoms with Crippen molar-refractivity contribution in [2.75, 3.05) is 5.32 Å². The van der Waals surface area contributed by atoms with Crippen LogP contribution in [0.4, 0.5) is 5.69 Å². The predicted molar refractivity (Wildman–Crippen MR) is 80.9 cm³/mol. The van der Waals surface area contributed by atoms with Gasteiger partial charge in [-0.15, -0.1) is 0 Å². The summed E-state index contributed by atoms with van der Waals surface area (Å²) in [7, 11) is 0. The third kappa shape index (κ3) is 2.49. The van der Waals surface area contributed by atoms with Crippen LogP contribution in [-0.2, 0) is 0 Å². The first-order valence-electron chi connectivity index (χ1n) is 6.49. The Hall–Kier alpha value is -3.28. The molecule has 22 heavy (non-hydrogen) atoms. The second-order valence-electron chi connectivity index (χ2n) is 4.56. The van der Waals surface area contributed by atoms with Crippen LogP contribution in [-0.4, -0.2) is 27.0 Å². The largest absolute Gasteiger partial charge is 0.476 e. The Morgan fingerprint density at radius 3 is 2.64 bits per heavy atom. The molecule has 0 saturated carbocycles. The number of carboxylic acid groups (broad SMARTS) is 1. The molecule has 0 bridgehead atoms. The van der Waals surface area contributed by atoms with Gasteiger partial charge in [0.15, 0.2) is 5.69 Å². The Morgan fingerprint density at radius 1 is 1.05 bits per heavy atom. The minimum atomic E-state index is -1.14. The molecule has 6 heteroatoms. The summed E-state index contributed by atoms with van der Waals surface area (Å²) in [6.07, 6.45) is 4.44. The molecule has 3 aromatic rings. The summed E-state index contributed by atoms with van der Waals surface area (Å²) >= 11 is 0. The van der Waals surface area contributed by atoms with E-state index in [2.05, 4.69) is 15.3 Å². The Morgan fingerprint density at radius 2 is 1.91 bits per heavy atom. The number of benzene rings is 1. The van der Waals surface area contributed by atoms with Crippen LogP contribution in [0.1, 0.15) is 20.8 Å². The maximum absolute atomic E-state index is 12.2. The van der Waals surface area contributed by atoms with E-state index in [4.69, 9.17) is 0 Å². The summed E-state index contributed by atoms with van der Waals surface area (Å²) in [6, 6.07) is 10.1. The van der Waals surface area contributed by atoms with E-state index < -0.39 is 5.97 Å². The fraction of sp³-hybridized carbons (Fsp3) is 0. The number of aromatic nitrogens is 2. The molecule has 0 saturated heterocycles. The first-order chi connectivity index (χ1) is 10.7. The van der Waals surface area contributed by atoms with Crippen LogP contribution in [0.2, 0.25) is 0 Å². The van der Waals surface area contributed by atoms with Gasteiger partial charge in [0, 0.05) is 24.0 Å². The van der Waals surface area contributed by atoms with Crippen molar-refractivity contribution >= 4 is 28.3 Å². The van der Waals surface area contributed by atoms with Crippen molar-refractivity contribution in [3.8, 4) is 0 Å².